The number of hydrogen-bond donors (Lipinski definition) is 2. The maximum Gasteiger partial charge on any atom is 0.341 e. The van der Waals surface area contributed by atoms with Crippen molar-refractivity contribution in [2.24, 2.45) is 0 Å². The van der Waals surface area contributed by atoms with Crippen molar-refractivity contribution in [2.45, 2.75) is 57.7 Å². The Labute approximate surface area is 200 Å². The summed E-state index contributed by atoms with van der Waals surface area (Å²) in [5.41, 5.74) is -0.500. The zero-order chi connectivity index (χ0) is 24.2. The lowest BCUT2D eigenvalue weighted by Gasteiger charge is -2.24. The summed E-state index contributed by atoms with van der Waals surface area (Å²) in [5, 5.41) is 5.91. The summed E-state index contributed by atoms with van der Waals surface area (Å²) in [6.45, 7) is 4.96. The van der Waals surface area contributed by atoms with Gasteiger partial charge in [-0.05, 0) is 75.8 Å². The van der Waals surface area contributed by atoms with Gasteiger partial charge in [-0.25, -0.2) is 9.59 Å². The van der Waals surface area contributed by atoms with E-state index in [1.807, 2.05) is 13.1 Å². The number of nitrogens with one attached hydrogen (secondary N) is 2. The summed E-state index contributed by atoms with van der Waals surface area (Å²) in [6, 6.07) is -0.543. The van der Waals surface area contributed by atoms with Crippen molar-refractivity contribution >= 4 is 37.6 Å². The number of likely N-dealkylation sites (N-methyl/N-ethyl adjacent to an activating group) is 1. The van der Waals surface area contributed by atoms with Crippen LogP contribution in [0.2, 0.25) is 0 Å². The minimum Gasteiger partial charge on any atom is -0.459 e. The Morgan fingerprint density at radius 3 is 2.67 bits per heavy atom. The highest BCUT2D eigenvalue weighted by Crippen LogP contribution is 2.38. The molecule has 0 fully saturated rings. The smallest absolute Gasteiger partial charge is 0.341 e. The lowest BCUT2D eigenvalue weighted by molar-refractivity contribution is 0.0378. The monoisotopic (exact) mass is 499 g/mol. The van der Waals surface area contributed by atoms with Crippen LogP contribution in [0.5, 0.6) is 0 Å². The van der Waals surface area contributed by atoms with Crippen LogP contribution in [0, 0.1) is 0 Å². The highest BCUT2D eigenvalue weighted by molar-refractivity contribution is 7.18. The molecular weight excluding hydrogens is 467 g/mol. The third-order valence-corrected chi connectivity index (χ3v) is 6.95. The van der Waals surface area contributed by atoms with Crippen LogP contribution in [0.1, 0.15) is 53.9 Å². The Morgan fingerprint density at radius 2 is 2.03 bits per heavy atom. The largest absolute Gasteiger partial charge is 0.459 e. The summed E-state index contributed by atoms with van der Waals surface area (Å²) in [6.07, 6.45) is 6.82. The molecule has 10 heteroatoms. The van der Waals surface area contributed by atoms with E-state index in [1.165, 1.54) is 20.6 Å². The maximum atomic E-state index is 13.7. The first-order valence-corrected chi connectivity index (χ1v) is 12.6. The lowest BCUT2D eigenvalue weighted by Crippen LogP contribution is -2.32. The molecule has 0 aromatic carbocycles. The number of amides is 2. The number of urea groups is 1. The number of aryl methyl sites for hydroxylation is 1. The molecule has 1 aromatic rings. The minimum atomic E-state index is -3.07. The van der Waals surface area contributed by atoms with Crippen LogP contribution in [0.3, 0.4) is 0 Å². The molecule has 0 saturated heterocycles. The molecule has 2 amide bonds. The van der Waals surface area contributed by atoms with Gasteiger partial charge in [0.2, 0.25) is 0 Å². The van der Waals surface area contributed by atoms with E-state index in [2.05, 4.69) is 15.5 Å². The van der Waals surface area contributed by atoms with Gasteiger partial charge >= 0.3 is 12.0 Å². The van der Waals surface area contributed by atoms with Gasteiger partial charge in [0.25, 0.3) is 5.66 Å². The maximum absolute atomic E-state index is 13.7. The van der Waals surface area contributed by atoms with Gasteiger partial charge in [0.05, 0.1) is 11.7 Å². The Hall–Kier alpha value is -1.83. The van der Waals surface area contributed by atoms with Gasteiger partial charge in [0, 0.05) is 24.5 Å². The summed E-state index contributed by atoms with van der Waals surface area (Å²) < 4.78 is 32.9. The van der Waals surface area contributed by atoms with E-state index in [9.17, 15) is 18.4 Å². The average Bonchev–Trinajstić information content (AvgIpc) is 3.08. The fraction of sp³-hybridized carbons (Fsp3) is 0.565. The molecule has 0 saturated carbocycles. The number of halogens is 2. The number of carbonyl (C=O) groups excluding carboxylic acids is 2. The molecule has 2 aliphatic rings. The highest BCUT2D eigenvalue weighted by Gasteiger charge is 2.28. The quantitative estimate of drug-likeness (QED) is 0.411. The van der Waals surface area contributed by atoms with Gasteiger partial charge in [0.1, 0.15) is 5.00 Å². The molecule has 1 atom stereocenters. The third-order valence-electron chi connectivity index (χ3n) is 5.58. The summed E-state index contributed by atoms with van der Waals surface area (Å²) in [5.74, 6) is -0.445. The fourth-order valence-electron chi connectivity index (χ4n) is 4.02. The van der Waals surface area contributed by atoms with Crippen molar-refractivity contribution in [1.82, 2.24) is 10.2 Å². The van der Waals surface area contributed by atoms with Crippen molar-refractivity contribution in [2.75, 3.05) is 32.0 Å². The molecule has 0 bridgehead atoms. The Bertz CT molecular complexity index is 953. The molecule has 0 spiro atoms. The van der Waals surface area contributed by atoms with E-state index in [0.717, 1.165) is 54.3 Å². The van der Waals surface area contributed by atoms with E-state index in [4.69, 9.17) is 4.74 Å². The van der Waals surface area contributed by atoms with Crippen LogP contribution in [0.25, 0.3) is 0 Å². The predicted octanol–water partition coefficient (Wildman–Crippen LogP) is 4.97. The zero-order valence-corrected chi connectivity index (χ0v) is 21.3. The first-order chi connectivity index (χ1) is 15.5. The molecule has 1 unspecified atom stereocenters. The zero-order valence-electron chi connectivity index (χ0n) is 19.3. The molecule has 3 rings (SSSR count). The standard InChI is InChI=1S/C23H32F2N3O3PS/c1-14(2)31-21(29)19-17-6-4-5-7-18(17)33-20(19)27-22(30)26-13-16(12-23(24,25)32)15-8-10-28(3)11-9-15/h8,12,14H,4-7,9-11,13,32H2,1-3H3,(H2,26,27,30)/b16-12+. The minimum absolute atomic E-state index is 0.0395. The van der Waals surface area contributed by atoms with E-state index < -0.39 is 17.7 Å². The van der Waals surface area contributed by atoms with Gasteiger partial charge < -0.3 is 15.0 Å². The van der Waals surface area contributed by atoms with Crippen LogP contribution in [-0.4, -0.2) is 55.3 Å². The van der Waals surface area contributed by atoms with Gasteiger partial charge in [-0.2, -0.15) is 8.78 Å². The van der Waals surface area contributed by atoms with E-state index in [1.54, 1.807) is 13.8 Å². The summed E-state index contributed by atoms with van der Waals surface area (Å²) in [4.78, 5) is 28.6. The second-order valence-corrected chi connectivity index (χ2v) is 10.6. The van der Waals surface area contributed by atoms with Crippen LogP contribution in [-0.2, 0) is 17.6 Å². The molecule has 1 aliphatic carbocycles. The van der Waals surface area contributed by atoms with Gasteiger partial charge in [0.15, 0.2) is 0 Å². The number of thiophene rings is 1. The number of allylic oxidation sites excluding steroid dienone is 1. The number of nitrogens with zero attached hydrogens (tertiary/aromatic N) is 1. The third kappa shape index (κ3) is 7.33. The summed E-state index contributed by atoms with van der Waals surface area (Å²) in [7, 11) is 3.49. The Balaban J connectivity index is 1.75. The molecule has 6 nitrogen and oxygen atoms in total. The number of rotatable bonds is 7. The van der Waals surface area contributed by atoms with Crippen LogP contribution < -0.4 is 10.6 Å². The van der Waals surface area contributed by atoms with E-state index in [0.29, 0.717) is 29.1 Å². The molecule has 1 aromatic heterocycles. The normalized spacial score (nSPS) is 17.4. The van der Waals surface area contributed by atoms with Crippen molar-refractivity contribution in [3.63, 3.8) is 0 Å². The van der Waals surface area contributed by atoms with Gasteiger partial charge in [-0.1, -0.05) is 15.3 Å². The number of fused-ring (bicyclic) bond motifs is 1. The second-order valence-electron chi connectivity index (χ2n) is 8.76. The SMILES string of the molecule is CC(C)OC(=O)c1c(NC(=O)NC/C(=C\C(F)(F)P)C2=CCN(C)CC2)sc2c1CCCC2. The van der Waals surface area contributed by atoms with Crippen LogP contribution >= 0.6 is 20.6 Å². The topological polar surface area (TPSA) is 70.7 Å². The number of esters is 1. The molecule has 2 heterocycles. The van der Waals surface area contributed by atoms with Crippen LogP contribution in [0.4, 0.5) is 18.6 Å². The molecule has 0 radical (unpaired) electrons. The Kier molecular flexibility index (Phi) is 8.65. The molecule has 182 valence electrons. The van der Waals surface area contributed by atoms with Crippen LogP contribution in [0.15, 0.2) is 23.3 Å². The number of hydrogen-bond acceptors (Lipinski definition) is 5. The number of ether oxygens (including phenoxy) is 1. The van der Waals surface area contributed by atoms with E-state index >= 15 is 0 Å². The highest BCUT2D eigenvalue weighted by atomic mass is 32.1. The first-order valence-electron chi connectivity index (χ1n) is 11.2. The molecule has 1 aliphatic heterocycles. The first kappa shape index (κ1) is 25.8. The number of alkyl halides is 2. The molecule has 33 heavy (non-hydrogen) atoms. The van der Waals surface area contributed by atoms with Crippen molar-refractivity contribution in [3.05, 3.63) is 39.3 Å². The fourth-order valence-corrected chi connectivity index (χ4v) is 5.49. The average molecular weight is 500 g/mol. The van der Waals surface area contributed by atoms with Gasteiger partial charge in [-0.15, -0.1) is 11.3 Å². The molecular formula is C23H32F2N3O3PS. The van der Waals surface area contributed by atoms with Crippen molar-refractivity contribution < 1.29 is 23.1 Å². The van der Waals surface area contributed by atoms with Gasteiger partial charge in [-0.3, -0.25) is 5.32 Å². The number of carbonyl (C=O) groups is 2. The van der Waals surface area contributed by atoms with Crippen molar-refractivity contribution in [3.8, 4) is 0 Å². The summed E-state index contributed by atoms with van der Waals surface area (Å²) >= 11 is 1.39. The predicted molar refractivity (Wildman–Crippen MR) is 131 cm³/mol. The Morgan fingerprint density at radius 1 is 1.30 bits per heavy atom. The molecule has 2 N–H and O–H groups in total. The second kappa shape index (κ2) is 11.1. The van der Waals surface area contributed by atoms with E-state index in [-0.39, 0.29) is 12.6 Å². The lowest BCUT2D eigenvalue weighted by atomic mass is 9.95. The van der Waals surface area contributed by atoms with Crippen molar-refractivity contribution in [1.29, 1.82) is 0 Å². The number of anilines is 1.